The Bertz CT molecular complexity index is 2620. The van der Waals surface area contributed by atoms with Gasteiger partial charge in [-0.05, 0) is 73.5 Å². The Morgan fingerprint density at radius 3 is 1.98 bits per heavy atom. The number of fused-ring (bicyclic) bond motifs is 9. The highest BCUT2D eigenvalue weighted by atomic mass is 15.2. The summed E-state index contributed by atoms with van der Waals surface area (Å²) in [5, 5.41) is 4.79. The Hall–Kier alpha value is -6.30. The van der Waals surface area contributed by atoms with Gasteiger partial charge >= 0.3 is 0 Å². The Labute approximate surface area is 266 Å². The largest absolute Gasteiger partial charge is 0.336 e. The van der Waals surface area contributed by atoms with Crippen molar-refractivity contribution in [2.45, 2.75) is 19.9 Å². The zero-order chi connectivity index (χ0) is 31.1. The van der Waals surface area contributed by atoms with Crippen molar-refractivity contribution in [2.75, 3.05) is 4.90 Å². The highest BCUT2D eigenvalue weighted by Gasteiger charge is 2.32. The standard InChI is InChI=1S/C41H27N5/c1-25(2)44-35-21-19-29(43-4)23-36(35)46-34-20-16-27(26-14-17-28(42-3)18-15-26)22-32(34)40-39-31-12-8-9-13-33(31)45(30-10-6-5-7-11-30)37(39)24-38(44)41(40)46/h5-25H,1-2H3. The van der Waals surface area contributed by atoms with E-state index in [4.69, 9.17) is 13.1 Å². The van der Waals surface area contributed by atoms with Gasteiger partial charge in [-0.25, -0.2) is 9.69 Å². The summed E-state index contributed by atoms with van der Waals surface area (Å²) in [7, 11) is 0. The lowest BCUT2D eigenvalue weighted by Gasteiger charge is -2.36. The Morgan fingerprint density at radius 1 is 0.522 bits per heavy atom. The van der Waals surface area contributed by atoms with E-state index in [1.165, 1.54) is 16.2 Å². The maximum atomic E-state index is 7.83. The van der Waals surface area contributed by atoms with E-state index in [9.17, 15) is 0 Å². The molecule has 0 bridgehead atoms. The molecule has 0 saturated heterocycles. The smallest absolute Gasteiger partial charge is 0.189 e. The summed E-state index contributed by atoms with van der Waals surface area (Å²) in [5.41, 5.74) is 12.4. The molecule has 8 aromatic rings. The van der Waals surface area contributed by atoms with Gasteiger partial charge in [-0.15, -0.1) is 0 Å². The molecule has 5 nitrogen and oxygen atoms in total. The van der Waals surface area contributed by atoms with Crippen LogP contribution in [0.4, 0.5) is 22.7 Å². The second kappa shape index (κ2) is 9.60. The van der Waals surface area contributed by atoms with E-state index in [0.717, 1.165) is 61.3 Å². The highest BCUT2D eigenvalue weighted by molar-refractivity contribution is 6.32. The molecule has 0 radical (unpaired) electrons. The lowest BCUT2D eigenvalue weighted by Crippen LogP contribution is -2.29. The van der Waals surface area contributed by atoms with Gasteiger partial charge in [0.15, 0.2) is 11.4 Å². The third-order valence-electron chi connectivity index (χ3n) is 9.35. The van der Waals surface area contributed by atoms with Gasteiger partial charge in [-0.1, -0.05) is 72.8 Å². The van der Waals surface area contributed by atoms with Crippen LogP contribution in [0.2, 0.25) is 0 Å². The summed E-state index contributed by atoms with van der Waals surface area (Å²) in [5.74, 6) is 0. The highest BCUT2D eigenvalue weighted by Crippen LogP contribution is 2.52. The lowest BCUT2D eigenvalue weighted by atomic mass is 9.99. The minimum absolute atomic E-state index is 0.177. The first-order chi connectivity index (χ1) is 22.6. The third-order valence-corrected chi connectivity index (χ3v) is 9.35. The van der Waals surface area contributed by atoms with Crippen LogP contribution in [0.3, 0.4) is 0 Å². The van der Waals surface area contributed by atoms with E-state index in [1.807, 2.05) is 36.4 Å². The van der Waals surface area contributed by atoms with Crippen molar-refractivity contribution >= 4 is 66.4 Å². The molecule has 0 spiro atoms. The van der Waals surface area contributed by atoms with Crippen LogP contribution < -0.4 is 4.90 Å². The zero-order valence-electron chi connectivity index (χ0n) is 25.4. The lowest BCUT2D eigenvalue weighted by molar-refractivity contribution is 0.782. The van der Waals surface area contributed by atoms with E-state index in [-0.39, 0.29) is 6.04 Å². The molecule has 5 heteroatoms. The molecule has 0 atom stereocenters. The summed E-state index contributed by atoms with van der Waals surface area (Å²) < 4.78 is 4.77. The number of nitrogens with zero attached hydrogens (tertiary/aromatic N) is 5. The fourth-order valence-corrected chi connectivity index (χ4v) is 7.49. The molecule has 3 heterocycles. The average molecular weight is 590 g/mol. The minimum atomic E-state index is 0.177. The van der Waals surface area contributed by atoms with Crippen LogP contribution in [-0.2, 0) is 0 Å². The average Bonchev–Trinajstić information content (AvgIpc) is 3.61. The second-order valence-corrected chi connectivity index (χ2v) is 12.2. The third kappa shape index (κ3) is 3.49. The predicted octanol–water partition coefficient (Wildman–Crippen LogP) is 11.5. The van der Waals surface area contributed by atoms with Crippen LogP contribution in [0.5, 0.6) is 0 Å². The molecule has 46 heavy (non-hydrogen) atoms. The van der Waals surface area contributed by atoms with Crippen LogP contribution in [-0.4, -0.2) is 15.2 Å². The molecule has 6 aromatic carbocycles. The molecule has 0 saturated carbocycles. The first-order valence-electron chi connectivity index (χ1n) is 15.5. The van der Waals surface area contributed by atoms with Gasteiger partial charge in [0.1, 0.15) is 0 Å². The van der Waals surface area contributed by atoms with Crippen LogP contribution >= 0.6 is 0 Å². The fraction of sp³-hybridized carbons (Fsp3) is 0.0732. The van der Waals surface area contributed by atoms with Crippen molar-refractivity contribution in [2.24, 2.45) is 0 Å². The van der Waals surface area contributed by atoms with Gasteiger partial charge in [0.2, 0.25) is 0 Å². The summed E-state index contributed by atoms with van der Waals surface area (Å²) in [6.07, 6.45) is 0. The molecule has 216 valence electrons. The Balaban J connectivity index is 1.52. The number of benzene rings is 6. The molecule has 0 aliphatic carbocycles. The van der Waals surface area contributed by atoms with Crippen molar-refractivity contribution in [3.8, 4) is 22.5 Å². The van der Waals surface area contributed by atoms with Crippen molar-refractivity contribution in [1.82, 2.24) is 9.13 Å². The van der Waals surface area contributed by atoms with E-state index < -0.39 is 0 Å². The zero-order valence-corrected chi connectivity index (χ0v) is 25.4. The van der Waals surface area contributed by atoms with E-state index in [2.05, 4.69) is 123 Å². The number of rotatable bonds is 3. The van der Waals surface area contributed by atoms with Crippen LogP contribution in [0, 0.1) is 13.1 Å². The van der Waals surface area contributed by atoms with Gasteiger partial charge in [0.05, 0.1) is 52.3 Å². The molecular weight excluding hydrogens is 562 g/mol. The number of anilines is 2. The van der Waals surface area contributed by atoms with Gasteiger partial charge in [-0.3, -0.25) is 0 Å². The van der Waals surface area contributed by atoms with E-state index >= 15 is 0 Å². The van der Waals surface area contributed by atoms with Gasteiger partial charge in [0.25, 0.3) is 0 Å². The van der Waals surface area contributed by atoms with Crippen molar-refractivity contribution < 1.29 is 0 Å². The molecule has 0 unspecified atom stereocenters. The number of hydrogen-bond acceptors (Lipinski definition) is 1. The van der Waals surface area contributed by atoms with Gasteiger partial charge < -0.3 is 14.0 Å². The fourth-order valence-electron chi connectivity index (χ4n) is 7.49. The van der Waals surface area contributed by atoms with Crippen LogP contribution in [0.15, 0.2) is 121 Å². The number of para-hydroxylation sites is 2. The molecule has 1 aliphatic rings. The van der Waals surface area contributed by atoms with E-state index in [1.54, 1.807) is 0 Å². The molecule has 9 rings (SSSR count). The summed E-state index contributed by atoms with van der Waals surface area (Å²) in [6, 6.07) is 42.5. The van der Waals surface area contributed by atoms with Gasteiger partial charge in [0, 0.05) is 33.3 Å². The summed E-state index contributed by atoms with van der Waals surface area (Å²) >= 11 is 0. The minimum Gasteiger partial charge on any atom is -0.336 e. The maximum Gasteiger partial charge on any atom is 0.189 e. The van der Waals surface area contributed by atoms with Crippen molar-refractivity contribution in [3.63, 3.8) is 0 Å². The number of hydrogen-bond donors (Lipinski definition) is 0. The Morgan fingerprint density at radius 2 is 1.22 bits per heavy atom. The maximum absolute atomic E-state index is 7.83. The molecule has 2 aromatic heterocycles. The topological polar surface area (TPSA) is 21.8 Å². The first-order valence-corrected chi connectivity index (χ1v) is 15.5. The normalized spacial score (nSPS) is 12.2. The molecule has 0 amide bonds. The molecular formula is C41H27N5. The molecule has 0 fully saturated rings. The SMILES string of the molecule is [C-]#[N+]c1ccc(-c2ccc3c(c2)c2c4c5ccccc5n(-c5ccccc5)c4cc4c2n3-c2cc([N+]#[C-])ccc2N4C(C)C)cc1. The number of aromatic nitrogens is 2. The van der Waals surface area contributed by atoms with E-state index in [0.29, 0.717) is 11.4 Å². The Kier molecular flexibility index (Phi) is 5.45. The van der Waals surface area contributed by atoms with Crippen LogP contribution in [0.1, 0.15) is 13.8 Å². The molecule has 1 aliphatic heterocycles. The monoisotopic (exact) mass is 589 g/mol. The summed E-state index contributed by atoms with van der Waals surface area (Å²) in [6.45, 7) is 19.7. The first kappa shape index (κ1) is 26.1. The quantitative estimate of drug-likeness (QED) is 0.188. The van der Waals surface area contributed by atoms with Crippen LogP contribution in [0.25, 0.3) is 75.8 Å². The summed E-state index contributed by atoms with van der Waals surface area (Å²) in [4.78, 5) is 9.85. The predicted molar refractivity (Wildman–Crippen MR) is 190 cm³/mol. The van der Waals surface area contributed by atoms with Crippen molar-refractivity contribution in [3.05, 3.63) is 144 Å². The molecule has 0 N–H and O–H groups in total. The van der Waals surface area contributed by atoms with Crippen molar-refractivity contribution in [1.29, 1.82) is 0 Å². The second-order valence-electron chi connectivity index (χ2n) is 12.2. The van der Waals surface area contributed by atoms with Gasteiger partial charge in [-0.2, -0.15) is 0 Å².